The molecule has 0 fully saturated rings. The predicted molar refractivity (Wildman–Crippen MR) is 69.7 cm³/mol. The van der Waals surface area contributed by atoms with Crippen LogP contribution < -0.4 is 5.32 Å². The molecule has 0 aliphatic carbocycles. The Morgan fingerprint density at radius 2 is 1.89 bits per heavy atom. The van der Waals surface area contributed by atoms with Gasteiger partial charge in [0.2, 0.25) is 5.91 Å². The summed E-state index contributed by atoms with van der Waals surface area (Å²) in [5.74, 6) is -0.336. The first-order valence-corrected chi connectivity index (χ1v) is 6.09. The van der Waals surface area contributed by atoms with Crippen molar-refractivity contribution in [3.63, 3.8) is 0 Å². The zero-order valence-corrected chi connectivity index (χ0v) is 10.9. The van der Waals surface area contributed by atoms with Crippen LogP contribution in [-0.4, -0.2) is 29.4 Å². The monoisotopic (exact) mass is 269 g/mol. The van der Waals surface area contributed by atoms with E-state index < -0.39 is 0 Å². The Balaban J connectivity index is 2.41. The Labute approximate surface area is 111 Å². The highest BCUT2D eigenvalue weighted by Gasteiger charge is 2.10. The molecule has 4 nitrogen and oxygen atoms in total. The van der Waals surface area contributed by atoms with Crippen LogP contribution in [0, 0.1) is 0 Å². The Morgan fingerprint density at radius 1 is 1.28 bits per heavy atom. The molecule has 98 valence electrons. The van der Waals surface area contributed by atoms with Crippen LogP contribution in [0.1, 0.15) is 30.1 Å². The summed E-state index contributed by atoms with van der Waals surface area (Å²) in [4.78, 5) is 23.1. The van der Waals surface area contributed by atoms with Crippen LogP contribution in [0.2, 0.25) is 5.02 Å². The SMILES string of the molecule is C[C@@H](CO)NC(=O)CCC(=O)c1ccc(Cl)cc1. The molecule has 0 saturated carbocycles. The van der Waals surface area contributed by atoms with E-state index >= 15 is 0 Å². The quantitative estimate of drug-likeness (QED) is 0.774. The van der Waals surface area contributed by atoms with Gasteiger partial charge >= 0.3 is 0 Å². The van der Waals surface area contributed by atoms with Gasteiger partial charge in [-0.05, 0) is 31.2 Å². The van der Waals surface area contributed by atoms with Crippen molar-refractivity contribution in [1.82, 2.24) is 5.32 Å². The number of aliphatic hydroxyl groups excluding tert-OH is 1. The second kappa shape index (κ2) is 7.13. The van der Waals surface area contributed by atoms with E-state index in [1.54, 1.807) is 31.2 Å². The molecule has 1 atom stereocenters. The fourth-order valence-corrected chi connectivity index (χ4v) is 1.53. The van der Waals surface area contributed by atoms with E-state index in [4.69, 9.17) is 16.7 Å². The molecule has 0 radical (unpaired) electrons. The third-order valence-electron chi connectivity index (χ3n) is 2.43. The first-order valence-electron chi connectivity index (χ1n) is 5.72. The minimum Gasteiger partial charge on any atom is -0.394 e. The lowest BCUT2D eigenvalue weighted by Gasteiger charge is -2.10. The molecular formula is C13H16ClNO3. The maximum Gasteiger partial charge on any atom is 0.220 e. The molecule has 0 heterocycles. The van der Waals surface area contributed by atoms with Crippen LogP contribution in [0.4, 0.5) is 0 Å². The molecule has 1 amide bonds. The van der Waals surface area contributed by atoms with E-state index in [1.165, 1.54) is 0 Å². The van der Waals surface area contributed by atoms with E-state index in [1.807, 2.05) is 0 Å². The van der Waals surface area contributed by atoms with Crippen molar-refractivity contribution in [2.45, 2.75) is 25.8 Å². The molecule has 0 aliphatic rings. The molecule has 5 heteroatoms. The van der Waals surface area contributed by atoms with Gasteiger partial charge in [0.1, 0.15) is 0 Å². The minimum atomic E-state index is -0.289. The summed E-state index contributed by atoms with van der Waals surface area (Å²) < 4.78 is 0. The maximum absolute atomic E-state index is 11.7. The molecule has 0 aromatic heterocycles. The topological polar surface area (TPSA) is 66.4 Å². The van der Waals surface area contributed by atoms with E-state index in [2.05, 4.69) is 5.32 Å². The second-order valence-corrected chi connectivity index (χ2v) is 4.52. The van der Waals surface area contributed by atoms with E-state index in [0.29, 0.717) is 10.6 Å². The molecule has 1 aromatic rings. The zero-order valence-electron chi connectivity index (χ0n) is 10.1. The highest BCUT2D eigenvalue weighted by molar-refractivity contribution is 6.30. The molecule has 0 unspecified atom stereocenters. The van der Waals surface area contributed by atoms with E-state index in [-0.39, 0.29) is 37.2 Å². The van der Waals surface area contributed by atoms with Gasteiger partial charge in [0, 0.05) is 29.5 Å². The van der Waals surface area contributed by atoms with Crippen molar-refractivity contribution in [1.29, 1.82) is 0 Å². The van der Waals surface area contributed by atoms with Crippen LogP contribution >= 0.6 is 11.6 Å². The number of Topliss-reactive ketones (excluding diaryl/α,β-unsaturated/α-hetero) is 1. The lowest BCUT2D eigenvalue weighted by Crippen LogP contribution is -2.35. The molecule has 18 heavy (non-hydrogen) atoms. The first-order chi connectivity index (χ1) is 8.52. The van der Waals surface area contributed by atoms with Gasteiger partial charge in [-0.25, -0.2) is 0 Å². The van der Waals surface area contributed by atoms with Crippen molar-refractivity contribution in [3.8, 4) is 0 Å². The van der Waals surface area contributed by atoms with Gasteiger partial charge in [0.15, 0.2) is 5.78 Å². The molecule has 2 N–H and O–H groups in total. The molecular weight excluding hydrogens is 254 g/mol. The van der Waals surface area contributed by atoms with Crippen LogP contribution in [0.5, 0.6) is 0 Å². The Hall–Kier alpha value is -1.39. The number of ketones is 1. The highest BCUT2D eigenvalue weighted by atomic mass is 35.5. The van der Waals surface area contributed by atoms with Crippen LogP contribution in [-0.2, 0) is 4.79 Å². The van der Waals surface area contributed by atoms with Gasteiger partial charge in [-0.2, -0.15) is 0 Å². The molecule has 0 bridgehead atoms. The molecule has 0 aliphatic heterocycles. The number of hydrogen-bond acceptors (Lipinski definition) is 3. The number of amides is 1. The van der Waals surface area contributed by atoms with Crippen molar-refractivity contribution >= 4 is 23.3 Å². The maximum atomic E-state index is 11.7. The first kappa shape index (κ1) is 14.7. The van der Waals surface area contributed by atoms with Gasteiger partial charge < -0.3 is 10.4 Å². The van der Waals surface area contributed by atoms with Crippen LogP contribution in [0.15, 0.2) is 24.3 Å². The summed E-state index contributed by atoms with van der Waals surface area (Å²) in [6, 6.07) is 6.27. The molecule has 1 rings (SSSR count). The standard InChI is InChI=1S/C13H16ClNO3/c1-9(8-16)15-13(18)7-6-12(17)10-2-4-11(14)5-3-10/h2-5,9,16H,6-8H2,1H3,(H,15,18)/t9-/m0/s1. The number of carbonyl (C=O) groups is 2. The lowest BCUT2D eigenvalue weighted by molar-refractivity contribution is -0.121. The van der Waals surface area contributed by atoms with Crippen molar-refractivity contribution in [2.75, 3.05) is 6.61 Å². The van der Waals surface area contributed by atoms with Crippen molar-refractivity contribution < 1.29 is 14.7 Å². The van der Waals surface area contributed by atoms with Gasteiger partial charge in [0.25, 0.3) is 0 Å². The van der Waals surface area contributed by atoms with Crippen LogP contribution in [0.25, 0.3) is 0 Å². The minimum absolute atomic E-state index is 0.0986. The predicted octanol–water partition coefficient (Wildman–Crippen LogP) is 1.80. The average Bonchev–Trinajstić information content (AvgIpc) is 2.36. The fourth-order valence-electron chi connectivity index (χ4n) is 1.40. The number of carbonyl (C=O) groups excluding carboxylic acids is 2. The van der Waals surface area contributed by atoms with Crippen LogP contribution in [0.3, 0.4) is 0 Å². The molecule has 1 aromatic carbocycles. The summed E-state index contributed by atoms with van der Waals surface area (Å²) in [6.07, 6.45) is 0.261. The molecule has 0 spiro atoms. The average molecular weight is 270 g/mol. The number of rotatable bonds is 6. The highest BCUT2D eigenvalue weighted by Crippen LogP contribution is 2.11. The smallest absolute Gasteiger partial charge is 0.220 e. The van der Waals surface area contributed by atoms with Gasteiger partial charge in [-0.15, -0.1) is 0 Å². The number of halogens is 1. The summed E-state index contributed by atoms with van der Waals surface area (Å²) in [7, 11) is 0. The third kappa shape index (κ3) is 4.85. The van der Waals surface area contributed by atoms with Gasteiger partial charge in [-0.3, -0.25) is 9.59 Å². The van der Waals surface area contributed by atoms with E-state index in [9.17, 15) is 9.59 Å². The Morgan fingerprint density at radius 3 is 2.44 bits per heavy atom. The zero-order chi connectivity index (χ0) is 13.5. The Bertz CT molecular complexity index is 417. The number of benzene rings is 1. The third-order valence-corrected chi connectivity index (χ3v) is 2.68. The van der Waals surface area contributed by atoms with Crippen molar-refractivity contribution in [2.24, 2.45) is 0 Å². The largest absolute Gasteiger partial charge is 0.394 e. The fraction of sp³-hybridized carbons (Fsp3) is 0.385. The molecule has 0 saturated heterocycles. The van der Waals surface area contributed by atoms with E-state index in [0.717, 1.165) is 0 Å². The lowest BCUT2D eigenvalue weighted by atomic mass is 10.1. The summed E-state index contributed by atoms with van der Waals surface area (Å²) in [6.45, 7) is 1.58. The Kier molecular flexibility index (Phi) is 5.82. The summed E-state index contributed by atoms with van der Waals surface area (Å²) >= 11 is 5.72. The second-order valence-electron chi connectivity index (χ2n) is 4.08. The number of nitrogens with one attached hydrogen (secondary N) is 1. The number of hydrogen-bond donors (Lipinski definition) is 2. The number of aliphatic hydroxyl groups is 1. The summed E-state index contributed by atoms with van der Waals surface area (Å²) in [5, 5.41) is 11.9. The van der Waals surface area contributed by atoms with Gasteiger partial charge in [-0.1, -0.05) is 11.6 Å². The normalized spacial score (nSPS) is 11.9. The van der Waals surface area contributed by atoms with Crippen molar-refractivity contribution in [3.05, 3.63) is 34.9 Å². The van der Waals surface area contributed by atoms with Gasteiger partial charge in [0.05, 0.1) is 6.61 Å². The summed E-state index contributed by atoms with van der Waals surface area (Å²) in [5.41, 5.74) is 0.544.